The van der Waals surface area contributed by atoms with Crippen LogP contribution in [0.4, 0.5) is 0 Å². The molecule has 1 heterocycles. The second-order valence-electron chi connectivity index (χ2n) is 5.34. The van der Waals surface area contributed by atoms with Crippen molar-refractivity contribution in [1.29, 1.82) is 0 Å². The number of imide groups is 1. The number of carbonyl (C=O) groups excluding carboxylic acids is 3. The Morgan fingerprint density at radius 2 is 1.63 bits per heavy atom. The SMILES string of the molecule is O=C(COC(=O)c1ccccc1Oc1ccccc1)NC(=O)c1ccco1. The molecule has 3 rings (SSSR count). The minimum absolute atomic E-state index is 0.0173. The molecule has 27 heavy (non-hydrogen) atoms. The van der Waals surface area contributed by atoms with E-state index in [0.717, 1.165) is 0 Å². The summed E-state index contributed by atoms with van der Waals surface area (Å²) in [5.74, 6) is -1.40. The highest BCUT2D eigenvalue weighted by molar-refractivity contribution is 6.04. The second kappa shape index (κ2) is 8.48. The number of furan rings is 1. The van der Waals surface area contributed by atoms with Gasteiger partial charge in [0.1, 0.15) is 17.1 Å². The van der Waals surface area contributed by atoms with E-state index in [0.29, 0.717) is 11.5 Å². The van der Waals surface area contributed by atoms with E-state index < -0.39 is 24.4 Å². The molecule has 3 aromatic rings. The molecule has 136 valence electrons. The lowest BCUT2D eigenvalue weighted by molar-refractivity contribution is -0.123. The lowest BCUT2D eigenvalue weighted by Crippen LogP contribution is -2.34. The van der Waals surface area contributed by atoms with E-state index >= 15 is 0 Å². The van der Waals surface area contributed by atoms with Crippen LogP contribution in [0.25, 0.3) is 0 Å². The van der Waals surface area contributed by atoms with Gasteiger partial charge in [-0.15, -0.1) is 0 Å². The fourth-order valence-electron chi connectivity index (χ4n) is 2.18. The van der Waals surface area contributed by atoms with Gasteiger partial charge in [-0.25, -0.2) is 4.79 Å². The maximum absolute atomic E-state index is 12.3. The summed E-state index contributed by atoms with van der Waals surface area (Å²) in [5.41, 5.74) is 0.159. The van der Waals surface area contributed by atoms with Gasteiger partial charge in [0.15, 0.2) is 12.4 Å². The minimum Gasteiger partial charge on any atom is -0.459 e. The van der Waals surface area contributed by atoms with Crippen molar-refractivity contribution in [2.75, 3.05) is 6.61 Å². The second-order valence-corrected chi connectivity index (χ2v) is 5.34. The molecule has 7 heteroatoms. The molecule has 0 aliphatic carbocycles. The summed E-state index contributed by atoms with van der Waals surface area (Å²) in [5, 5.41) is 2.06. The summed E-state index contributed by atoms with van der Waals surface area (Å²) < 4.78 is 15.5. The molecule has 1 aromatic heterocycles. The van der Waals surface area contributed by atoms with E-state index in [2.05, 4.69) is 5.32 Å². The minimum atomic E-state index is -0.772. The van der Waals surface area contributed by atoms with Crippen molar-refractivity contribution in [3.63, 3.8) is 0 Å². The van der Waals surface area contributed by atoms with Crippen molar-refractivity contribution >= 4 is 17.8 Å². The Hall–Kier alpha value is -3.87. The van der Waals surface area contributed by atoms with Crippen molar-refractivity contribution in [3.05, 3.63) is 84.3 Å². The van der Waals surface area contributed by atoms with Crippen LogP contribution in [-0.2, 0) is 9.53 Å². The molecule has 0 fully saturated rings. The largest absolute Gasteiger partial charge is 0.459 e. The third-order valence-corrected chi connectivity index (χ3v) is 3.41. The number of esters is 1. The maximum Gasteiger partial charge on any atom is 0.342 e. The first kappa shape index (κ1) is 17.9. The molecule has 0 aliphatic rings. The highest BCUT2D eigenvalue weighted by atomic mass is 16.5. The van der Waals surface area contributed by atoms with E-state index in [1.807, 2.05) is 6.07 Å². The predicted octanol–water partition coefficient (Wildman–Crippen LogP) is 3.19. The first-order valence-electron chi connectivity index (χ1n) is 8.00. The Kier molecular flexibility index (Phi) is 5.64. The lowest BCUT2D eigenvalue weighted by Gasteiger charge is -2.10. The highest BCUT2D eigenvalue weighted by Gasteiger charge is 2.18. The molecule has 7 nitrogen and oxygen atoms in total. The standard InChI is InChI=1S/C20H15NO6/c22-18(21-19(23)17-11-6-12-25-17)13-26-20(24)15-9-4-5-10-16(15)27-14-7-2-1-3-8-14/h1-12H,13H2,(H,21,22,23). The number of hydrogen-bond acceptors (Lipinski definition) is 6. The van der Waals surface area contributed by atoms with Gasteiger partial charge in [-0.1, -0.05) is 30.3 Å². The molecule has 1 N–H and O–H groups in total. The summed E-state index contributed by atoms with van der Waals surface area (Å²) in [4.78, 5) is 35.8. The fraction of sp³-hybridized carbons (Fsp3) is 0.0500. The monoisotopic (exact) mass is 365 g/mol. The summed E-state index contributed by atoms with van der Waals surface area (Å²) in [6, 6.07) is 18.4. The number of hydrogen-bond donors (Lipinski definition) is 1. The summed E-state index contributed by atoms with van der Waals surface area (Å²) in [7, 11) is 0. The van der Waals surface area contributed by atoms with Gasteiger partial charge in [0.2, 0.25) is 0 Å². The predicted molar refractivity (Wildman–Crippen MR) is 94.4 cm³/mol. The summed E-state index contributed by atoms with van der Waals surface area (Å²) in [6.45, 7) is -0.620. The number of amides is 2. The van der Waals surface area contributed by atoms with Crippen LogP contribution in [0.2, 0.25) is 0 Å². The van der Waals surface area contributed by atoms with Crippen LogP contribution in [0.5, 0.6) is 11.5 Å². The van der Waals surface area contributed by atoms with Gasteiger partial charge in [-0.3, -0.25) is 14.9 Å². The van der Waals surface area contributed by atoms with Gasteiger partial charge in [0, 0.05) is 0 Å². The number of ether oxygens (including phenoxy) is 2. The van der Waals surface area contributed by atoms with Crippen LogP contribution in [0.1, 0.15) is 20.9 Å². The molecule has 0 radical (unpaired) electrons. The van der Waals surface area contributed by atoms with Gasteiger partial charge in [0.25, 0.3) is 11.8 Å². The first-order valence-corrected chi connectivity index (χ1v) is 8.00. The smallest absolute Gasteiger partial charge is 0.342 e. The van der Waals surface area contributed by atoms with Crippen LogP contribution in [-0.4, -0.2) is 24.4 Å². The Bertz CT molecular complexity index is 934. The van der Waals surface area contributed by atoms with Gasteiger partial charge in [0.05, 0.1) is 6.26 Å². The average molecular weight is 365 g/mol. The van der Waals surface area contributed by atoms with Crippen LogP contribution < -0.4 is 10.1 Å². The van der Waals surface area contributed by atoms with E-state index in [9.17, 15) is 14.4 Å². The quantitative estimate of drug-likeness (QED) is 0.674. The van der Waals surface area contributed by atoms with E-state index in [-0.39, 0.29) is 11.3 Å². The van der Waals surface area contributed by atoms with Crippen LogP contribution in [0, 0.1) is 0 Å². The van der Waals surface area contributed by atoms with Crippen LogP contribution in [0.15, 0.2) is 77.4 Å². The molecular weight excluding hydrogens is 350 g/mol. The normalized spacial score (nSPS) is 10.1. The van der Waals surface area contributed by atoms with Gasteiger partial charge < -0.3 is 13.9 Å². The summed E-state index contributed by atoms with van der Waals surface area (Å²) >= 11 is 0. The zero-order chi connectivity index (χ0) is 19.1. The lowest BCUT2D eigenvalue weighted by atomic mass is 10.2. The first-order chi connectivity index (χ1) is 13.1. The molecule has 2 amide bonds. The number of carbonyl (C=O) groups is 3. The molecule has 0 unspecified atom stereocenters. The Labute approximate surface area is 154 Å². The zero-order valence-electron chi connectivity index (χ0n) is 14.1. The Balaban J connectivity index is 1.59. The molecular formula is C20H15NO6. The maximum atomic E-state index is 12.3. The van der Waals surface area contributed by atoms with Crippen LogP contribution in [0.3, 0.4) is 0 Å². The van der Waals surface area contributed by atoms with E-state index in [4.69, 9.17) is 13.9 Å². The zero-order valence-corrected chi connectivity index (χ0v) is 14.1. The van der Waals surface area contributed by atoms with Gasteiger partial charge >= 0.3 is 5.97 Å². The highest BCUT2D eigenvalue weighted by Crippen LogP contribution is 2.25. The van der Waals surface area contributed by atoms with Crippen molar-refractivity contribution < 1.29 is 28.3 Å². The molecule has 0 aliphatic heterocycles. The van der Waals surface area contributed by atoms with Crippen molar-refractivity contribution in [3.8, 4) is 11.5 Å². The number of rotatable bonds is 6. The van der Waals surface area contributed by atoms with Crippen molar-refractivity contribution in [2.24, 2.45) is 0 Å². The molecule has 0 saturated heterocycles. The third-order valence-electron chi connectivity index (χ3n) is 3.41. The van der Waals surface area contributed by atoms with Crippen LogP contribution >= 0.6 is 0 Å². The van der Waals surface area contributed by atoms with Gasteiger partial charge in [-0.2, -0.15) is 0 Å². The number of nitrogens with one attached hydrogen (secondary N) is 1. The molecule has 0 spiro atoms. The topological polar surface area (TPSA) is 94.8 Å². The molecule has 0 saturated carbocycles. The number of benzene rings is 2. The Morgan fingerprint density at radius 1 is 0.889 bits per heavy atom. The van der Waals surface area contributed by atoms with E-state index in [1.54, 1.807) is 42.5 Å². The third kappa shape index (κ3) is 4.82. The molecule has 2 aromatic carbocycles. The van der Waals surface area contributed by atoms with E-state index in [1.165, 1.54) is 24.5 Å². The van der Waals surface area contributed by atoms with Crippen molar-refractivity contribution in [1.82, 2.24) is 5.32 Å². The van der Waals surface area contributed by atoms with Gasteiger partial charge in [-0.05, 0) is 36.4 Å². The fourth-order valence-corrected chi connectivity index (χ4v) is 2.18. The van der Waals surface area contributed by atoms with Crippen molar-refractivity contribution in [2.45, 2.75) is 0 Å². The summed E-state index contributed by atoms with van der Waals surface area (Å²) in [6.07, 6.45) is 1.31. The molecule has 0 atom stereocenters. The average Bonchev–Trinajstić information content (AvgIpc) is 3.22. The number of para-hydroxylation sites is 2. The Morgan fingerprint density at radius 3 is 2.37 bits per heavy atom. The molecule has 0 bridgehead atoms.